The molecule has 26 heavy (non-hydrogen) atoms. The number of urea groups is 1. The smallest absolute Gasteiger partial charge is 0.315 e. The molecule has 2 aromatic rings. The van der Waals surface area contributed by atoms with Crippen LogP contribution in [-0.4, -0.2) is 60.0 Å². The van der Waals surface area contributed by atoms with Crippen molar-refractivity contribution < 1.29 is 14.3 Å². The first kappa shape index (κ1) is 17.2. The van der Waals surface area contributed by atoms with Crippen LogP contribution in [0.15, 0.2) is 29.8 Å². The van der Waals surface area contributed by atoms with Crippen molar-refractivity contribution in [2.75, 3.05) is 25.1 Å². The maximum atomic E-state index is 11.7. The van der Waals surface area contributed by atoms with Crippen LogP contribution in [0.5, 0.6) is 0 Å². The zero-order valence-electron chi connectivity index (χ0n) is 14.3. The Bertz CT molecular complexity index is 757. The number of fused-ring (bicyclic) bond motifs is 1. The first-order valence-corrected chi connectivity index (χ1v) is 9.53. The highest BCUT2D eigenvalue weighted by Crippen LogP contribution is 2.29. The molecule has 4 rings (SSSR count). The van der Waals surface area contributed by atoms with E-state index in [0.29, 0.717) is 25.7 Å². The zero-order chi connectivity index (χ0) is 17.9. The SMILES string of the molecule is CCNC(=O)NC1COC2C(Nc3nccc(-c4cccs4)n3)COC12. The van der Waals surface area contributed by atoms with Crippen LogP contribution in [0, 0.1) is 0 Å². The second-order valence-corrected chi connectivity index (χ2v) is 7.15. The van der Waals surface area contributed by atoms with Crippen LogP contribution in [0.2, 0.25) is 0 Å². The Hall–Kier alpha value is -2.23. The summed E-state index contributed by atoms with van der Waals surface area (Å²) in [5.74, 6) is 0.550. The molecule has 2 aliphatic rings. The normalized spacial score (nSPS) is 27.1. The van der Waals surface area contributed by atoms with Gasteiger partial charge in [-0.3, -0.25) is 0 Å². The average Bonchev–Trinajstić information content (AvgIpc) is 3.36. The van der Waals surface area contributed by atoms with Gasteiger partial charge in [0.05, 0.1) is 35.9 Å². The largest absolute Gasteiger partial charge is 0.371 e. The van der Waals surface area contributed by atoms with E-state index in [1.54, 1.807) is 17.5 Å². The summed E-state index contributed by atoms with van der Waals surface area (Å²) >= 11 is 1.64. The van der Waals surface area contributed by atoms with E-state index in [9.17, 15) is 4.79 Å². The Morgan fingerprint density at radius 3 is 2.85 bits per heavy atom. The first-order chi connectivity index (χ1) is 12.7. The number of carbonyl (C=O) groups excluding carboxylic acids is 1. The van der Waals surface area contributed by atoms with E-state index < -0.39 is 0 Å². The summed E-state index contributed by atoms with van der Waals surface area (Å²) < 4.78 is 11.7. The second kappa shape index (κ2) is 7.56. The van der Waals surface area contributed by atoms with Gasteiger partial charge in [0.15, 0.2) is 0 Å². The number of hydrogen-bond donors (Lipinski definition) is 3. The van der Waals surface area contributed by atoms with E-state index in [1.807, 2.05) is 30.5 Å². The standard InChI is InChI=1S/C17H21N5O3S/c1-2-18-17(23)22-12-9-25-14-11(8-24-15(12)14)21-16-19-6-5-10(20-16)13-4-3-7-26-13/h3-7,11-12,14-15H,2,8-9H2,1H3,(H2,18,22,23)(H,19,20,21). The molecule has 0 aliphatic carbocycles. The molecule has 8 nitrogen and oxygen atoms in total. The lowest BCUT2D eigenvalue weighted by Crippen LogP contribution is -2.48. The summed E-state index contributed by atoms with van der Waals surface area (Å²) in [6.07, 6.45) is 1.43. The molecule has 2 aliphatic heterocycles. The molecule has 4 heterocycles. The molecule has 3 N–H and O–H groups in total. The summed E-state index contributed by atoms with van der Waals surface area (Å²) in [6, 6.07) is 5.51. The van der Waals surface area contributed by atoms with Crippen molar-refractivity contribution in [2.24, 2.45) is 0 Å². The van der Waals surface area contributed by atoms with Crippen molar-refractivity contribution in [1.82, 2.24) is 20.6 Å². The predicted octanol–water partition coefficient (Wildman–Crippen LogP) is 1.47. The van der Waals surface area contributed by atoms with Gasteiger partial charge in [0.1, 0.15) is 12.2 Å². The maximum Gasteiger partial charge on any atom is 0.315 e. The van der Waals surface area contributed by atoms with Gasteiger partial charge in [0.2, 0.25) is 5.95 Å². The quantitative estimate of drug-likeness (QED) is 0.732. The minimum atomic E-state index is -0.200. The van der Waals surface area contributed by atoms with E-state index in [-0.39, 0.29) is 30.3 Å². The van der Waals surface area contributed by atoms with Crippen molar-refractivity contribution in [2.45, 2.75) is 31.2 Å². The van der Waals surface area contributed by atoms with Gasteiger partial charge >= 0.3 is 6.03 Å². The van der Waals surface area contributed by atoms with Crippen LogP contribution in [0.1, 0.15) is 6.92 Å². The lowest BCUT2D eigenvalue weighted by atomic mass is 10.1. The van der Waals surface area contributed by atoms with Gasteiger partial charge in [-0.1, -0.05) is 6.07 Å². The molecular formula is C17H21N5O3S. The summed E-state index contributed by atoms with van der Waals surface area (Å²) in [5.41, 5.74) is 0.885. The third-order valence-corrected chi connectivity index (χ3v) is 5.34. The van der Waals surface area contributed by atoms with E-state index in [4.69, 9.17) is 9.47 Å². The number of aromatic nitrogens is 2. The van der Waals surface area contributed by atoms with Gasteiger partial charge in [-0.2, -0.15) is 0 Å². The van der Waals surface area contributed by atoms with Gasteiger partial charge in [0.25, 0.3) is 0 Å². The van der Waals surface area contributed by atoms with Gasteiger partial charge < -0.3 is 25.4 Å². The Labute approximate surface area is 155 Å². The fourth-order valence-electron chi connectivity index (χ4n) is 3.28. The van der Waals surface area contributed by atoms with Crippen molar-refractivity contribution in [3.05, 3.63) is 29.8 Å². The summed E-state index contributed by atoms with van der Waals surface area (Å²) in [4.78, 5) is 21.7. The number of carbonyl (C=O) groups is 1. The molecule has 0 saturated carbocycles. The van der Waals surface area contributed by atoms with Crippen LogP contribution < -0.4 is 16.0 Å². The van der Waals surface area contributed by atoms with Crippen molar-refractivity contribution >= 4 is 23.3 Å². The summed E-state index contributed by atoms with van der Waals surface area (Å²) in [7, 11) is 0. The number of nitrogens with zero attached hydrogens (tertiary/aromatic N) is 2. The van der Waals surface area contributed by atoms with Crippen molar-refractivity contribution in [3.63, 3.8) is 0 Å². The summed E-state index contributed by atoms with van der Waals surface area (Å²) in [6.45, 7) is 3.37. The Morgan fingerprint density at radius 1 is 1.27 bits per heavy atom. The van der Waals surface area contributed by atoms with Gasteiger partial charge in [-0.15, -0.1) is 11.3 Å². The number of amides is 2. The monoisotopic (exact) mass is 375 g/mol. The molecule has 9 heteroatoms. The third kappa shape index (κ3) is 3.50. The molecule has 2 aromatic heterocycles. The van der Waals surface area contributed by atoms with Gasteiger partial charge in [-0.05, 0) is 24.4 Å². The van der Waals surface area contributed by atoms with Gasteiger partial charge in [0, 0.05) is 12.7 Å². The Balaban J connectivity index is 1.40. The van der Waals surface area contributed by atoms with Crippen LogP contribution in [0.3, 0.4) is 0 Å². The molecule has 2 amide bonds. The number of anilines is 1. The Morgan fingerprint density at radius 2 is 2.08 bits per heavy atom. The first-order valence-electron chi connectivity index (χ1n) is 8.65. The van der Waals surface area contributed by atoms with Crippen LogP contribution in [-0.2, 0) is 9.47 Å². The minimum Gasteiger partial charge on any atom is -0.371 e. The van der Waals surface area contributed by atoms with E-state index >= 15 is 0 Å². The highest BCUT2D eigenvalue weighted by atomic mass is 32.1. The van der Waals surface area contributed by atoms with Crippen LogP contribution in [0.25, 0.3) is 10.6 Å². The third-order valence-electron chi connectivity index (χ3n) is 4.45. The van der Waals surface area contributed by atoms with Crippen LogP contribution in [0.4, 0.5) is 10.7 Å². The Kier molecular flexibility index (Phi) is 5.00. The number of thiophene rings is 1. The zero-order valence-corrected chi connectivity index (χ0v) is 15.2. The van der Waals surface area contributed by atoms with E-state index in [0.717, 1.165) is 10.6 Å². The molecule has 2 fully saturated rings. The molecule has 2 saturated heterocycles. The van der Waals surface area contributed by atoms with E-state index in [1.165, 1.54) is 0 Å². The highest BCUT2D eigenvalue weighted by molar-refractivity contribution is 7.13. The number of ether oxygens (including phenoxy) is 2. The van der Waals surface area contributed by atoms with Crippen molar-refractivity contribution in [3.8, 4) is 10.6 Å². The molecule has 0 spiro atoms. The molecule has 138 valence electrons. The predicted molar refractivity (Wildman–Crippen MR) is 98.2 cm³/mol. The highest BCUT2D eigenvalue weighted by Gasteiger charge is 2.48. The molecular weight excluding hydrogens is 354 g/mol. The number of rotatable bonds is 5. The fourth-order valence-corrected chi connectivity index (χ4v) is 3.98. The maximum absolute atomic E-state index is 11.7. The second-order valence-electron chi connectivity index (χ2n) is 6.20. The summed E-state index contributed by atoms with van der Waals surface area (Å²) in [5, 5.41) is 11.0. The molecule has 4 unspecified atom stereocenters. The number of hydrogen-bond acceptors (Lipinski definition) is 7. The molecule has 0 bridgehead atoms. The average molecular weight is 375 g/mol. The van der Waals surface area contributed by atoms with E-state index in [2.05, 4.69) is 25.9 Å². The minimum absolute atomic E-state index is 0.0559. The lowest BCUT2D eigenvalue weighted by Gasteiger charge is -2.18. The fraction of sp³-hybridized carbons (Fsp3) is 0.471. The van der Waals surface area contributed by atoms with Crippen molar-refractivity contribution in [1.29, 1.82) is 0 Å². The molecule has 0 aromatic carbocycles. The topological polar surface area (TPSA) is 97.4 Å². The van der Waals surface area contributed by atoms with Gasteiger partial charge in [-0.25, -0.2) is 14.8 Å². The lowest BCUT2D eigenvalue weighted by molar-refractivity contribution is 0.0682. The van der Waals surface area contributed by atoms with Crippen LogP contribution >= 0.6 is 11.3 Å². The molecule has 4 atom stereocenters. The molecule has 0 radical (unpaired) electrons. The number of nitrogens with one attached hydrogen (secondary N) is 3.